The maximum atomic E-state index is 2.30. The van der Waals surface area contributed by atoms with Crippen LogP contribution in [0.3, 0.4) is 0 Å². The van der Waals surface area contributed by atoms with E-state index in [1.54, 1.807) is 0 Å². The van der Waals surface area contributed by atoms with E-state index in [9.17, 15) is 0 Å². The van der Waals surface area contributed by atoms with Crippen LogP contribution in [0.4, 0.5) is 0 Å². The average molecular weight is 801 g/mol. The van der Waals surface area contributed by atoms with Crippen molar-refractivity contribution < 1.29 is 0 Å². The Bertz CT molecular complexity index is 2790. The number of hydrogen-bond donors (Lipinski definition) is 0. The molecule has 62 heavy (non-hydrogen) atoms. The molecule has 0 aromatic heterocycles. The molecule has 0 radical (unpaired) electrons. The first-order valence-electron chi connectivity index (χ1n) is 21.8. The molecule has 0 nitrogen and oxygen atoms in total. The zero-order valence-corrected chi connectivity index (χ0v) is 37.5. The predicted molar refractivity (Wildman–Crippen MR) is 269 cm³/mol. The molecular formula is C62H56. The van der Waals surface area contributed by atoms with E-state index in [4.69, 9.17) is 0 Å². The highest BCUT2D eigenvalue weighted by atomic mass is 14.1. The zero-order chi connectivity index (χ0) is 43.3. The van der Waals surface area contributed by atoms with E-state index >= 15 is 0 Å². The van der Waals surface area contributed by atoms with Gasteiger partial charge in [0, 0.05) is 0 Å². The van der Waals surface area contributed by atoms with Gasteiger partial charge in [0.25, 0.3) is 0 Å². The first-order chi connectivity index (χ1) is 30.0. The van der Waals surface area contributed by atoms with Crippen molar-refractivity contribution >= 4 is 0 Å². The lowest BCUT2D eigenvalue weighted by Gasteiger charge is -2.14. The Morgan fingerprint density at radius 3 is 0.790 bits per heavy atom. The Hall–Kier alpha value is -7.02. The minimum atomic E-state index is 1.24. The van der Waals surface area contributed by atoms with E-state index in [-0.39, 0.29) is 0 Å². The molecule has 0 atom stereocenters. The molecule has 9 aromatic carbocycles. The van der Waals surface area contributed by atoms with Gasteiger partial charge in [0.1, 0.15) is 0 Å². The molecule has 0 spiro atoms. The Kier molecular flexibility index (Phi) is 12.3. The van der Waals surface area contributed by atoms with Crippen molar-refractivity contribution in [2.24, 2.45) is 0 Å². The molecule has 0 bridgehead atoms. The quantitative estimate of drug-likeness (QED) is 0.151. The fourth-order valence-corrected chi connectivity index (χ4v) is 8.57. The van der Waals surface area contributed by atoms with Crippen LogP contribution >= 0.6 is 0 Å². The van der Waals surface area contributed by atoms with Crippen LogP contribution in [0.1, 0.15) is 44.5 Å². The second-order valence-corrected chi connectivity index (χ2v) is 17.2. The van der Waals surface area contributed by atoms with Crippen LogP contribution < -0.4 is 0 Å². The van der Waals surface area contributed by atoms with E-state index < -0.39 is 0 Å². The van der Waals surface area contributed by atoms with Gasteiger partial charge in [-0.25, -0.2) is 0 Å². The van der Waals surface area contributed by atoms with Crippen molar-refractivity contribution in [3.05, 3.63) is 239 Å². The van der Waals surface area contributed by atoms with Crippen LogP contribution in [0.2, 0.25) is 0 Å². The van der Waals surface area contributed by atoms with Crippen molar-refractivity contribution in [3.8, 4) is 77.9 Å². The third-order valence-electron chi connectivity index (χ3n) is 12.2. The SMILES string of the molecule is Cc1ccc(C)c(-c2ccc(-c3ccc(-c4ccc(-c5cc(C)ccc5C)cc4)cc3)cc2)c1.Cc1cccc(-c2ccc(-c3ccc(-c4cccc(C)c4)cc3C)c(C)c2)c1. The minimum absolute atomic E-state index is 1.24. The largest absolute Gasteiger partial charge is 0.0614 e. The molecule has 0 aliphatic rings. The van der Waals surface area contributed by atoms with Crippen molar-refractivity contribution in [3.63, 3.8) is 0 Å². The van der Waals surface area contributed by atoms with Gasteiger partial charge >= 0.3 is 0 Å². The average Bonchev–Trinajstić information content (AvgIpc) is 3.28. The summed E-state index contributed by atoms with van der Waals surface area (Å²) in [5.74, 6) is 0. The summed E-state index contributed by atoms with van der Waals surface area (Å²) in [7, 11) is 0. The lowest BCUT2D eigenvalue weighted by Crippen LogP contribution is -1.90. The number of benzene rings is 9. The highest BCUT2D eigenvalue weighted by Gasteiger charge is 2.10. The van der Waals surface area contributed by atoms with Crippen LogP contribution in [-0.2, 0) is 0 Å². The molecule has 304 valence electrons. The standard InChI is InChI=1S/C34H30.C28H26/c1-23-5-7-25(3)33(21-23)31-17-13-29(14-18-31)27-9-11-28(12-10-27)30-15-19-32(20-16-30)34-22-24(2)6-8-26(34)4;1-19-7-5-9-23(15-19)25-11-13-27(21(3)17-25)28-14-12-26(18-22(28)4)24-10-6-8-20(2)16-24/h5-22H,1-4H3;5-18H,1-4H3. The molecular weight excluding hydrogens is 745 g/mol. The van der Waals surface area contributed by atoms with E-state index in [0.717, 1.165) is 0 Å². The summed E-state index contributed by atoms with van der Waals surface area (Å²) in [4.78, 5) is 0. The maximum absolute atomic E-state index is 2.30. The lowest BCUT2D eigenvalue weighted by molar-refractivity contribution is 1.39. The van der Waals surface area contributed by atoms with E-state index in [0.29, 0.717) is 0 Å². The smallest absolute Gasteiger partial charge is 0.0152 e. The maximum Gasteiger partial charge on any atom is -0.0152 e. The molecule has 0 unspecified atom stereocenters. The van der Waals surface area contributed by atoms with Crippen LogP contribution in [0.5, 0.6) is 0 Å². The van der Waals surface area contributed by atoms with E-state index in [1.165, 1.54) is 122 Å². The van der Waals surface area contributed by atoms with Gasteiger partial charge in [-0.05, 0) is 156 Å². The summed E-state index contributed by atoms with van der Waals surface area (Å²) < 4.78 is 0. The summed E-state index contributed by atoms with van der Waals surface area (Å²) in [6.07, 6.45) is 0. The minimum Gasteiger partial charge on any atom is -0.0614 e. The van der Waals surface area contributed by atoms with E-state index in [1.807, 2.05) is 0 Å². The van der Waals surface area contributed by atoms with E-state index in [2.05, 4.69) is 250 Å². The molecule has 0 fully saturated rings. The van der Waals surface area contributed by atoms with Gasteiger partial charge in [0.15, 0.2) is 0 Å². The highest BCUT2D eigenvalue weighted by Crippen LogP contribution is 2.34. The summed E-state index contributed by atoms with van der Waals surface area (Å²) >= 11 is 0. The van der Waals surface area contributed by atoms with Crippen molar-refractivity contribution in [2.75, 3.05) is 0 Å². The molecule has 9 aromatic rings. The van der Waals surface area contributed by atoms with Gasteiger partial charge in [-0.1, -0.05) is 216 Å². The molecule has 0 aliphatic carbocycles. The lowest BCUT2D eigenvalue weighted by atomic mass is 9.91. The first kappa shape index (κ1) is 41.7. The molecule has 0 heterocycles. The van der Waals surface area contributed by atoms with Crippen LogP contribution in [-0.4, -0.2) is 0 Å². The normalized spacial score (nSPS) is 10.9. The summed E-state index contributed by atoms with van der Waals surface area (Å²) in [5.41, 5.74) is 28.3. The Morgan fingerprint density at radius 2 is 0.468 bits per heavy atom. The summed E-state index contributed by atoms with van der Waals surface area (Å²) in [6.45, 7) is 17.4. The van der Waals surface area contributed by atoms with Crippen molar-refractivity contribution in [1.82, 2.24) is 0 Å². The Morgan fingerprint density at radius 1 is 0.177 bits per heavy atom. The second-order valence-electron chi connectivity index (χ2n) is 17.2. The Labute approximate surface area is 370 Å². The fraction of sp³-hybridized carbons (Fsp3) is 0.129. The summed E-state index contributed by atoms with van der Waals surface area (Å²) in [6, 6.07) is 71.0. The van der Waals surface area contributed by atoms with Crippen LogP contribution in [0, 0.1) is 55.4 Å². The van der Waals surface area contributed by atoms with Crippen molar-refractivity contribution in [1.29, 1.82) is 0 Å². The molecule has 0 heteroatoms. The molecule has 0 aliphatic heterocycles. The van der Waals surface area contributed by atoms with Gasteiger partial charge < -0.3 is 0 Å². The fourth-order valence-electron chi connectivity index (χ4n) is 8.57. The van der Waals surface area contributed by atoms with Gasteiger partial charge in [-0.15, -0.1) is 0 Å². The second kappa shape index (κ2) is 18.3. The van der Waals surface area contributed by atoms with Crippen LogP contribution in [0.15, 0.2) is 194 Å². The predicted octanol–water partition coefficient (Wildman–Crippen LogP) is 17.5. The van der Waals surface area contributed by atoms with Crippen LogP contribution in [0.25, 0.3) is 77.9 Å². The van der Waals surface area contributed by atoms with Gasteiger partial charge in [-0.3, -0.25) is 0 Å². The zero-order valence-electron chi connectivity index (χ0n) is 37.5. The Balaban J connectivity index is 0.000000174. The third kappa shape index (κ3) is 9.46. The van der Waals surface area contributed by atoms with Gasteiger partial charge in [0.05, 0.1) is 0 Å². The topological polar surface area (TPSA) is 0 Å². The monoisotopic (exact) mass is 800 g/mol. The summed E-state index contributed by atoms with van der Waals surface area (Å²) in [5, 5.41) is 0. The van der Waals surface area contributed by atoms with Gasteiger partial charge in [0.2, 0.25) is 0 Å². The molecule has 0 amide bonds. The van der Waals surface area contributed by atoms with Crippen molar-refractivity contribution in [2.45, 2.75) is 55.4 Å². The molecule has 9 rings (SSSR count). The van der Waals surface area contributed by atoms with Gasteiger partial charge in [-0.2, -0.15) is 0 Å². The first-order valence-corrected chi connectivity index (χ1v) is 21.8. The molecule has 0 saturated heterocycles. The number of hydrogen-bond acceptors (Lipinski definition) is 0. The number of aryl methyl sites for hydroxylation is 8. The third-order valence-corrected chi connectivity index (χ3v) is 12.2. The molecule has 0 saturated carbocycles. The molecule has 0 N–H and O–H groups in total. The number of rotatable bonds is 7. The highest BCUT2D eigenvalue weighted by molar-refractivity contribution is 5.79.